The van der Waals surface area contributed by atoms with Crippen molar-refractivity contribution < 1.29 is 8.42 Å². The minimum atomic E-state index is -3.60. The molecule has 0 aliphatic carbocycles. The standard InChI is InChI=1S/C14H20N4O2S/c1-4-13-16-9-14(17-13)21(19,20)18(11(2)3)10-12-6-5-7-15-8-12/h5-9,11H,4,10H2,1-3H3,(H,16,17). The lowest BCUT2D eigenvalue weighted by molar-refractivity contribution is 0.346. The van der Waals surface area contributed by atoms with Crippen LogP contribution in [0.3, 0.4) is 0 Å². The molecule has 2 aromatic heterocycles. The van der Waals surface area contributed by atoms with Gasteiger partial charge in [-0.15, -0.1) is 0 Å². The molecule has 0 amide bonds. The Morgan fingerprint density at radius 1 is 1.33 bits per heavy atom. The van der Waals surface area contributed by atoms with Gasteiger partial charge in [-0.1, -0.05) is 13.0 Å². The number of hydrogen-bond donors (Lipinski definition) is 1. The zero-order valence-electron chi connectivity index (χ0n) is 12.4. The van der Waals surface area contributed by atoms with E-state index in [2.05, 4.69) is 15.0 Å². The molecule has 1 N–H and O–H groups in total. The number of H-pyrrole nitrogens is 1. The Balaban J connectivity index is 2.32. The van der Waals surface area contributed by atoms with E-state index < -0.39 is 10.0 Å². The van der Waals surface area contributed by atoms with Gasteiger partial charge in [0.05, 0.1) is 6.20 Å². The molecular weight excluding hydrogens is 288 g/mol. The third kappa shape index (κ3) is 3.48. The fourth-order valence-electron chi connectivity index (χ4n) is 2.00. The van der Waals surface area contributed by atoms with Gasteiger partial charge in [0.25, 0.3) is 10.0 Å². The van der Waals surface area contributed by atoms with E-state index in [4.69, 9.17) is 0 Å². The molecule has 0 aliphatic heterocycles. The molecule has 2 heterocycles. The van der Waals surface area contributed by atoms with Crippen LogP contribution in [-0.2, 0) is 23.0 Å². The molecule has 0 atom stereocenters. The van der Waals surface area contributed by atoms with Gasteiger partial charge in [-0.3, -0.25) is 4.98 Å². The molecule has 0 saturated heterocycles. The van der Waals surface area contributed by atoms with E-state index in [-0.39, 0.29) is 17.6 Å². The van der Waals surface area contributed by atoms with E-state index in [1.807, 2.05) is 26.8 Å². The summed E-state index contributed by atoms with van der Waals surface area (Å²) in [6.07, 6.45) is 5.39. The van der Waals surface area contributed by atoms with Crippen molar-refractivity contribution in [1.82, 2.24) is 19.3 Å². The Bertz CT molecular complexity index is 680. The lowest BCUT2D eigenvalue weighted by Crippen LogP contribution is -2.36. The summed E-state index contributed by atoms with van der Waals surface area (Å²) in [6, 6.07) is 3.50. The first kappa shape index (κ1) is 15.7. The van der Waals surface area contributed by atoms with Crippen LogP contribution in [0.1, 0.15) is 32.2 Å². The highest BCUT2D eigenvalue weighted by Gasteiger charge is 2.28. The van der Waals surface area contributed by atoms with Crippen LogP contribution in [0, 0.1) is 0 Å². The molecule has 21 heavy (non-hydrogen) atoms. The first-order valence-corrected chi connectivity index (χ1v) is 8.33. The summed E-state index contributed by atoms with van der Waals surface area (Å²) in [5.74, 6) is 0.665. The maximum absolute atomic E-state index is 12.7. The summed E-state index contributed by atoms with van der Waals surface area (Å²) < 4.78 is 26.9. The molecule has 2 rings (SSSR count). The number of aromatic nitrogens is 3. The number of aryl methyl sites for hydroxylation is 1. The van der Waals surface area contributed by atoms with Crippen LogP contribution in [-0.4, -0.2) is 33.7 Å². The van der Waals surface area contributed by atoms with Gasteiger partial charge in [0.2, 0.25) is 0 Å². The van der Waals surface area contributed by atoms with Crippen molar-refractivity contribution in [3.63, 3.8) is 0 Å². The molecule has 0 fully saturated rings. The summed E-state index contributed by atoms with van der Waals surface area (Å²) in [6.45, 7) is 5.91. The molecule has 7 heteroatoms. The van der Waals surface area contributed by atoms with Crippen LogP contribution in [0.5, 0.6) is 0 Å². The maximum atomic E-state index is 12.7. The summed E-state index contributed by atoms with van der Waals surface area (Å²) in [7, 11) is -3.60. The van der Waals surface area contributed by atoms with Gasteiger partial charge >= 0.3 is 0 Å². The van der Waals surface area contributed by atoms with Crippen LogP contribution in [0.4, 0.5) is 0 Å². The van der Waals surface area contributed by atoms with Crippen LogP contribution < -0.4 is 0 Å². The number of hydrogen-bond acceptors (Lipinski definition) is 4. The van der Waals surface area contributed by atoms with E-state index in [9.17, 15) is 8.42 Å². The van der Waals surface area contributed by atoms with Gasteiger partial charge in [-0.05, 0) is 25.5 Å². The third-order valence-corrected chi connectivity index (χ3v) is 5.10. The summed E-state index contributed by atoms with van der Waals surface area (Å²) >= 11 is 0. The topological polar surface area (TPSA) is 79.0 Å². The molecular formula is C14H20N4O2S. The summed E-state index contributed by atoms with van der Waals surface area (Å²) in [5.41, 5.74) is 0.852. The quantitative estimate of drug-likeness (QED) is 0.885. The fraction of sp³-hybridized carbons (Fsp3) is 0.429. The van der Waals surface area contributed by atoms with Crippen LogP contribution in [0.15, 0.2) is 35.7 Å². The smallest absolute Gasteiger partial charge is 0.260 e. The number of imidazole rings is 1. The number of sulfonamides is 1. The molecule has 0 aromatic carbocycles. The van der Waals surface area contributed by atoms with Crippen molar-refractivity contribution in [2.24, 2.45) is 0 Å². The fourth-order valence-corrected chi connectivity index (χ4v) is 3.56. The highest BCUT2D eigenvalue weighted by molar-refractivity contribution is 7.89. The Labute approximate surface area is 125 Å². The molecule has 0 unspecified atom stereocenters. The molecule has 0 bridgehead atoms. The first-order valence-electron chi connectivity index (χ1n) is 6.89. The number of nitrogens with zero attached hydrogens (tertiary/aromatic N) is 3. The summed E-state index contributed by atoms with van der Waals surface area (Å²) in [5, 5.41) is 0.136. The second-order valence-corrected chi connectivity index (χ2v) is 6.91. The lowest BCUT2D eigenvalue weighted by atomic mass is 10.2. The van der Waals surface area contributed by atoms with Crippen molar-refractivity contribution in [3.8, 4) is 0 Å². The molecule has 0 spiro atoms. The van der Waals surface area contributed by atoms with Crippen LogP contribution in [0.25, 0.3) is 0 Å². The summed E-state index contributed by atoms with van der Waals surface area (Å²) in [4.78, 5) is 11.0. The zero-order chi connectivity index (χ0) is 15.5. The van der Waals surface area contributed by atoms with Gasteiger partial charge in [-0.25, -0.2) is 13.4 Å². The van der Waals surface area contributed by atoms with Gasteiger partial charge in [-0.2, -0.15) is 4.31 Å². The SMILES string of the molecule is CCc1ncc(S(=O)(=O)N(Cc2cccnc2)C(C)C)[nH]1. The van der Waals surface area contributed by atoms with Crippen LogP contribution in [0.2, 0.25) is 0 Å². The van der Waals surface area contributed by atoms with Gasteiger partial charge in [0.15, 0.2) is 5.03 Å². The molecule has 0 saturated carbocycles. The van der Waals surface area contributed by atoms with Gasteiger partial charge in [0.1, 0.15) is 5.82 Å². The normalized spacial score (nSPS) is 12.2. The number of nitrogens with one attached hydrogen (secondary N) is 1. The molecule has 2 aromatic rings. The van der Waals surface area contributed by atoms with Crippen molar-refractivity contribution in [1.29, 1.82) is 0 Å². The van der Waals surface area contributed by atoms with Gasteiger partial charge < -0.3 is 4.98 Å². The maximum Gasteiger partial charge on any atom is 0.260 e. The minimum Gasteiger partial charge on any atom is -0.332 e. The Kier molecular flexibility index (Phi) is 4.74. The molecule has 114 valence electrons. The van der Waals surface area contributed by atoms with E-state index >= 15 is 0 Å². The first-order chi connectivity index (χ1) is 9.95. The average molecular weight is 308 g/mol. The van der Waals surface area contributed by atoms with Gasteiger partial charge in [0, 0.05) is 31.4 Å². The average Bonchev–Trinajstić information content (AvgIpc) is 2.95. The lowest BCUT2D eigenvalue weighted by Gasteiger charge is -2.25. The van der Waals surface area contributed by atoms with Crippen molar-refractivity contribution in [2.75, 3.05) is 0 Å². The van der Waals surface area contributed by atoms with E-state index in [1.54, 1.807) is 18.5 Å². The van der Waals surface area contributed by atoms with E-state index in [0.29, 0.717) is 12.2 Å². The monoisotopic (exact) mass is 308 g/mol. The van der Waals surface area contributed by atoms with E-state index in [1.165, 1.54) is 10.5 Å². The molecule has 0 radical (unpaired) electrons. The predicted molar refractivity (Wildman–Crippen MR) is 80.1 cm³/mol. The second kappa shape index (κ2) is 6.36. The third-order valence-electron chi connectivity index (χ3n) is 3.16. The predicted octanol–water partition coefficient (Wildman–Crippen LogP) is 1.97. The van der Waals surface area contributed by atoms with Crippen molar-refractivity contribution in [2.45, 2.75) is 44.8 Å². The Morgan fingerprint density at radius 3 is 2.62 bits per heavy atom. The zero-order valence-corrected chi connectivity index (χ0v) is 13.3. The number of aromatic amines is 1. The Morgan fingerprint density at radius 2 is 2.10 bits per heavy atom. The largest absolute Gasteiger partial charge is 0.332 e. The van der Waals surface area contributed by atoms with Crippen molar-refractivity contribution in [3.05, 3.63) is 42.1 Å². The highest BCUT2D eigenvalue weighted by atomic mass is 32.2. The number of rotatable bonds is 6. The van der Waals surface area contributed by atoms with E-state index in [0.717, 1.165) is 5.56 Å². The number of pyridine rings is 1. The van der Waals surface area contributed by atoms with Crippen molar-refractivity contribution >= 4 is 10.0 Å². The Hall–Kier alpha value is -1.73. The van der Waals surface area contributed by atoms with Crippen LogP contribution >= 0.6 is 0 Å². The second-order valence-electron chi connectivity index (χ2n) is 5.05. The molecule has 0 aliphatic rings. The molecule has 6 nitrogen and oxygen atoms in total. The highest BCUT2D eigenvalue weighted by Crippen LogP contribution is 2.19. The minimum absolute atomic E-state index is 0.136.